The highest BCUT2D eigenvalue weighted by atomic mass is 16.5. The highest BCUT2D eigenvalue weighted by Gasteiger charge is 2.04. The van der Waals surface area contributed by atoms with E-state index in [0.29, 0.717) is 0 Å². The Hall–Kier alpha value is -1.11. The molecule has 0 saturated carbocycles. The maximum Gasteiger partial charge on any atom is 0.261 e. The maximum atomic E-state index is 10.4. The van der Waals surface area contributed by atoms with Crippen LogP contribution in [0.15, 0.2) is 11.6 Å². The van der Waals surface area contributed by atoms with E-state index in [-0.39, 0.29) is 0 Å². The topological polar surface area (TPSA) is 57.5 Å². The zero-order chi connectivity index (χ0) is 8.85. The van der Waals surface area contributed by atoms with E-state index in [2.05, 4.69) is 5.92 Å². The fourth-order valence-corrected chi connectivity index (χ4v) is 0.316. The van der Waals surface area contributed by atoms with E-state index in [1.165, 1.54) is 6.08 Å². The van der Waals surface area contributed by atoms with Gasteiger partial charge in [-0.25, -0.2) is 0 Å². The molecule has 0 amide bonds. The molecule has 0 aliphatic heterocycles. The van der Waals surface area contributed by atoms with Gasteiger partial charge in [0.15, 0.2) is 0 Å². The SMILES string of the molecule is CC(C)=CC#CC(=O)C(O)O. The molecule has 11 heavy (non-hydrogen) atoms. The second-order valence-corrected chi connectivity index (χ2v) is 2.23. The second-order valence-electron chi connectivity index (χ2n) is 2.23. The number of Topliss-reactive ketones (excluding diaryl/α,β-unsaturated/α-hetero) is 1. The fraction of sp³-hybridized carbons (Fsp3) is 0.375. The van der Waals surface area contributed by atoms with Crippen LogP contribution in [-0.4, -0.2) is 22.3 Å². The largest absolute Gasteiger partial charge is 0.361 e. The number of rotatable bonds is 1. The van der Waals surface area contributed by atoms with Crippen LogP contribution in [0.1, 0.15) is 13.8 Å². The zero-order valence-corrected chi connectivity index (χ0v) is 6.46. The molecule has 3 heteroatoms. The van der Waals surface area contributed by atoms with Gasteiger partial charge >= 0.3 is 0 Å². The predicted octanol–water partition coefficient (Wildman–Crippen LogP) is -0.164. The van der Waals surface area contributed by atoms with Gasteiger partial charge in [0.1, 0.15) is 0 Å². The van der Waals surface area contributed by atoms with E-state index >= 15 is 0 Å². The van der Waals surface area contributed by atoms with Crippen molar-refractivity contribution in [2.75, 3.05) is 0 Å². The summed E-state index contributed by atoms with van der Waals surface area (Å²) in [5.41, 5.74) is 0.956. The molecule has 0 rings (SSSR count). The summed E-state index contributed by atoms with van der Waals surface area (Å²) >= 11 is 0. The molecule has 0 unspecified atom stereocenters. The van der Waals surface area contributed by atoms with Crippen molar-refractivity contribution in [3.05, 3.63) is 11.6 Å². The zero-order valence-electron chi connectivity index (χ0n) is 6.46. The number of aliphatic hydroxyl groups is 2. The van der Waals surface area contributed by atoms with Gasteiger partial charge in [0.2, 0.25) is 6.29 Å². The molecular formula is C8H10O3. The molecule has 0 heterocycles. The summed E-state index contributed by atoms with van der Waals surface area (Å²) in [7, 11) is 0. The molecule has 0 aliphatic rings. The Balaban J connectivity index is 4.10. The fourth-order valence-electron chi connectivity index (χ4n) is 0.316. The summed E-state index contributed by atoms with van der Waals surface area (Å²) in [6.45, 7) is 3.66. The van der Waals surface area contributed by atoms with Crippen molar-refractivity contribution >= 4 is 5.78 Å². The smallest absolute Gasteiger partial charge is 0.261 e. The summed E-state index contributed by atoms with van der Waals surface area (Å²) in [5, 5.41) is 16.5. The van der Waals surface area contributed by atoms with Crippen molar-refractivity contribution in [1.29, 1.82) is 0 Å². The average molecular weight is 154 g/mol. The molecule has 0 fully saturated rings. The van der Waals surface area contributed by atoms with E-state index in [0.717, 1.165) is 5.57 Å². The second kappa shape index (κ2) is 4.67. The molecule has 2 N–H and O–H groups in total. The van der Waals surface area contributed by atoms with Gasteiger partial charge in [-0.15, -0.1) is 0 Å². The Bertz CT molecular complexity index is 223. The van der Waals surface area contributed by atoms with Crippen molar-refractivity contribution in [2.45, 2.75) is 20.1 Å². The molecule has 0 aromatic carbocycles. The highest BCUT2D eigenvalue weighted by molar-refractivity contribution is 5.97. The molecule has 0 radical (unpaired) electrons. The van der Waals surface area contributed by atoms with Crippen molar-refractivity contribution < 1.29 is 15.0 Å². The third-order valence-electron chi connectivity index (χ3n) is 0.791. The molecular weight excluding hydrogens is 144 g/mol. The van der Waals surface area contributed by atoms with Gasteiger partial charge < -0.3 is 10.2 Å². The Morgan fingerprint density at radius 1 is 1.45 bits per heavy atom. The lowest BCUT2D eigenvalue weighted by Crippen LogP contribution is -2.16. The number of hydrogen-bond donors (Lipinski definition) is 2. The molecule has 0 atom stereocenters. The first-order valence-electron chi connectivity index (χ1n) is 3.09. The summed E-state index contributed by atoms with van der Waals surface area (Å²) in [6, 6.07) is 0. The molecule has 0 saturated heterocycles. The van der Waals surface area contributed by atoms with Gasteiger partial charge in [0.05, 0.1) is 0 Å². The van der Waals surface area contributed by atoms with Gasteiger partial charge in [-0.05, 0) is 25.8 Å². The third-order valence-corrected chi connectivity index (χ3v) is 0.791. The lowest BCUT2D eigenvalue weighted by Gasteiger charge is -1.90. The summed E-state index contributed by atoms with van der Waals surface area (Å²) < 4.78 is 0. The number of allylic oxidation sites excluding steroid dienone is 2. The minimum atomic E-state index is -1.98. The number of carbonyl (C=O) groups is 1. The lowest BCUT2D eigenvalue weighted by atomic mass is 10.3. The highest BCUT2D eigenvalue weighted by Crippen LogP contribution is 1.85. The Morgan fingerprint density at radius 2 is 2.00 bits per heavy atom. The molecule has 0 aromatic rings. The van der Waals surface area contributed by atoms with Crippen LogP contribution in [0.25, 0.3) is 0 Å². The summed E-state index contributed by atoms with van der Waals surface area (Å²) in [5.74, 6) is 3.55. The number of hydrogen-bond acceptors (Lipinski definition) is 3. The van der Waals surface area contributed by atoms with Crippen LogP contribution < -0.4 is 0 Å². The molecule has 3 nitrogen and oxygen atoms in total. The van der Waals surface area contributed by atoms with Crippen LogP contribution in [0.3, 0.4) is 0 Å². The van der Waals surface area contributed by atoms with Gasteiger partial charge in [-0.1, -0.05) is 11.5 Å². The van der Waals surface area contributed by atoms with E-state index in [4.69, 9.17) is 10.2 Å². The van der Waals surface area contributed by atoms with Crippen LogP contribution >= 0.6 is 0 Å². The van der Waals surface area contributed by atoms with Crippen molar-refractivity contribution in [1.82, 2.24) is 0 Å². The quantitative estimate of drug-likeness (QED) is 0.313. The molecule has 0 spiro atoms. The van der Waals surface area contributed by atoms with Gasteiger partial charge in [-0.2, -0.15) is 0 Å². The Morgan fingerprint density at radius 3 is 2.36 bits per heavy atom. The molecule has 0 aromatic heterocycles. The minimum absolute atomic E-state index is 0.887. The van der Waals surface area contributed by atoms with Gasteiger partial charge in [0, 0.05) is 0 Å². The van der Waals surface area contributed by atoms with Crippen LogP contribution in [0.4, 0.5) is 0 Å². The van der Waals surface area contributed by atoms with E-state index in [9.17, 15) is 4.79 Å². The van der Waals surface area contributed by atoms with Crippen molar-refractivity contribution in [2.24, 2.45) is 0 Å². The number of ketones is 1. The average Bonchev–Trinajstić information content (AvgIpc) is 1.86. The summed E-state index contributed by atoms with van der Waals surface area (Å²) in [4.78, 5) is 10.4. The van der Waals surface area contributed by atoms with Gasteiger partial charge in [-0.3, -0.25) is 4.79 Å². The maximum absolute atomic E-state index is 10.4. The minimum Gasteiger partial charge on any atom is -0.361 e. The normalized spacial score (nSPS) is 8.45. The van der Waals surface area contributed by atoms with Crippen molar-refractivity contribution in [3.63, 3.8) is 0 Å². The standard InChI is InChI=1S/C8H10O3/c1-6(2)4-3-5-7(9)8(10)11/h4,8,10-11H,1-2H3. The number of aliphatic hydroxyl groups excluding tert-OH is 1. The Labute approximate surface area is 65.4 Å². The van der Waals surface area contributed by atoms with E-state index in [1.807, 2.05) is 19.8 Å². The molecule has 60 valence electrons. The number of carbonyl (C=O) groups excluding carboxylic acids is 1. The first-order chi connectivity index (χ1) is 5.04. The van der Waals surface area contributed by atoms with Crippen LogP contribution in [0.5, 0.6) is 0 Å². The van der Waals surface area contributed by atoms with Crippen LogP contribution in [0, 0.1) is 11.8 Å². The van der Waals surface area contributed by atoms with Crippen molar-refractivity contribution in [3.8, 4) is 11.8 Å². The van der Waals surface area contributed by atoms with Gasteiger partial charge in [0.25, 0.3) is 5.78 Å². The first-order valence-corrected chi connectivity index (χ1v) is 3.09. The monoisotopic (exact) mass is 154 g/mol. The molecule has 0 bridgehead atoms. The Kier molecular flexibility index (Phi) is 4.20. The van der Waals surface area contributed by atoms with Crippen LogP contribution in [-0.2, 0) is 4.79 Å². The third kappa shape index (κ3) is 5.34. The summed E-state index contributed by atoms with van der Waals surface area (Å²) in [6.07, 6.45) is -0.451. The van der Waals surface area contributed by atoms with E-state index in [1.54, 1.807) is 0 Å². The lowest BCUT2D eigenvalue weighted by molar-refractivity contribution is -0.138. The van der Waals surface area contributed by atoms with Crippen LogP contribution in [0.2, 0.25) is 0 Å². The predicted molar refractivity (Wildman–Crippen MR) is 40.4 cm³/mol. The first kappa shape index (κ1) is 9.89. The molecule has 0 aliphatic carbocycles. The van der Waals surface area contributed by atoms with E-state index < -0.39 is 12.1 Å².